The summed E-state index contributed by atoms with van der Waals surface area (Å²) in [5, 5.41) is 13.9. The van der Waals surface area contributed by atoms with Crippen LogP contribution in [0.1, 0.15) is 32.6 Å². The summed E-state index contributed by atoms with van der Waals surface area (Å²) in [5.74, 6) is -0.787. The second-order valence-corrected chi connectivity index (χ2v) is 5.00. The highest BCUT2D eigenvalue weighted by molar-refractivity contribution is 5.62. The van der Waals surface area contributed by atoms with Gasteiger partial charge in [-0.2, -0.15) is 4.39 Å². The number of nitrogens with one attached hydrogen (secondary N) is 1. The van der Waals surface area contributed by atoms with Crippen LogP contribution in [0.5, 0.6) is 0 Å². The molecule has 1 N–H and O–H groups in total. The van der Waals surface area contributed by atoms with Crippen molar-refractivity contribution in [2.75, 3.05) is 11.9 Å². The fourth-order valence-corrected chi connectivity index (χ4v) is 2.35. The smallest absolute Gasteiger partial charge is 0.327 e. The molecular formula is C13H17FN2O2. The highest BCUT2D eigenvalue weighted by Crippen LogP contribution is 2.49. The third-order valence-electron chi connectivity index (χ3n) is 3.56. The number of para-hydroxylation sites is 1. The number of hydrogen-bond donors (Lipinski definition) is 1. The first-order chi connectivity index (χ1) is 8.58. The molecule has 0 amide bonds. The van der Waals surface area contributed by atoms with Crippen LogP contribution < -0.4 is 5.32 Å². The molecule has 4 nitrogen and oxygen atoms in total. The lowest BCUT2D eigenvalue weighted by molar-refractivity contribution is -0.386. The van der Waals surface area contributed by atoms with Crippen molar-refractivity contribution >= 4 is 11.4 Å². The van der Waals surface area contributed by atoms with Gasteiger partial charge in [-0.15, -0.1) is 0 Å². The molecule has 1 saturated carbocycles. The SMILES string of the molecule is CCCC1(CNc2cccc(F)c2[N+](=O)[O-])CC1. The van der Waals surface area contributed by atoms with E-state index in [0.29, 0.717) is 6.54 Å². The number of halogens is 1. The lowest BCUT2D eigenvalue weighted by atomic mass is 10.0. The fourth-order valence-electron chi connectivity index (χ4n) is 2.35. The topological polar surface area (TPSA) is 55.2 Å². The molecular weight excluding hydrogens is 235 g/mol. The first kappa shape index (κ1) is 12.8. The third-order valence-corrected chi connectivity index (χ3v) is 3.56. The highest BCUT2D eigenvalue weighted by atomic mass is 19.1. The van der Waals surface area contributed by atoms with Gasteiger partial charge in [0, 0.05) is 6.54 Å². The van der Waals surface area contributed by atoms with Crippen molar-refractivity contribution in [1.29, 1.82) is 0 Å². The summed E-state index contributed by atoms with van der Waals surface area (Å²) < 4.78 is 13.4. The summed E-state index contributed by atoms with van der Waals surface area (Å²) >= 11 is 0. The Balaban J connectivity index is 2.10. The second kappa shape index (κ2) is 4.92. The number of benzene rings is 1. The van der Waals surface area contributed by atoms with Crippen LogP contribution in [0.3, 0.4) is 0 Å². The molecule has 0 saturated heterocycles. The minimum atomic E-state index is -0.787. The molecule has 98 valence electrons. The molecule has 5 heteroatoms. The minimum absolute atomic E-state index is 0.273. The van der Waals surface area contributed by atoms with Crippen LogP contribution in [0, 0.1) is 21.3 Å². The number of nitro groups is 1. The maximum Gasteiger partial charge on any atom is 0.327 e. The predicted octanol–water partition coefficient (Wildman–Crippen LogP) is 3.73. The standard InChI is InChI=1S/C13H17FN2O2/c1-2-6-13(7-8-13)9-15-11-5-3-4-10(14)12(11)16(17)18/h3-5,15H,2,6-9H2,1H3. The molecule has 0 radical (unpaired) electrons. The van der Waals surface area contributed by atoms with E-state index in [-0.39, 0.29) is 11.1 Å². The number of rotatable bonds is 6. The highest BCUT2D eigenvalue weighted by Gasteiger charge is 2.41. The van der Waals surface area contributed by atoms with E-state index in [1.807, 2.05) is 0 Å². The van der Waals surface area contributed by atoms with Gasteiger partial charge < -0.3 is 5.32 Å². The summed E-state index contributed by atoms with van der Waals surface area (Å²) in [6.07, 6.45) is 4.52. The Labute approximate surface area is 105 Å². The average molecular weight is 252 g/mol. The van der Waals surface area contributed by atoms with E-state index < -0.39 is 16.4 Å². The molecule has 0 bridgehead atoms. The maximum absolute atomic E-state index is 13.4. The van der Waals surface area contributed by atoms with Crippen LogP contribution >= 0.6 is 0 Å². The summed E-state index contributed by atoms with van der Waals surface area (Å²) in [7, 11) is 0. The fraction of sp³-hybridized carbons (Fsp3) is 0.538. The lowest BCUT2D eigenvalue weighted by Crippen LogP contribution is -2.16. The molecule has 0 heterocycles. The lowest BCUT2D eigenvalue weighted by Gasteiger charge is -2.15. The Morgan fingerprint density at radius 2 is 2.22 bits per heavy atom. The molecule has 1 fully saturated rings. The van der Waals surface area contributed by atoms with Crippen molar-refractivity contribution in [1.82, 2.24) is 0 Å². The number of nitrogens with zero attached hydrogens (tertiary/aromatic N) is 1. The van der Waals surface area contributed by atoms with E-state index in [9.17, 15) is 14.5 Å². The minimum Gasteiger partial charge on any atom is -0.379 e. The van der Waals surface area contributed by atoms with Crippen LogP contribution in [0.4, 0.5) is 15.8 Å². The van der Waals surface area contributed by atoms with Crippen molar-refractivity contribution in [3.05, 3.63) is 34.1 Å². The van der Waals surface area contributed by atoms with Gasteiger partial charge in [-0.1, -0.05) is 19.4 Å². The molecule has 0 unspecified atom stereocenters. The summed E-state index contributed by atoms with van der Waals surface area (Å²) in [5.41, 5.74) is 0.0988. The molecule has 1 aromatic rings. The molecule has 1 aliphatic rings. The predicted molar refractivity (Wildman–Crippen MR) is 68.1 cm³/mol. The number of nitro benzene ring substituents is 1. The van der Waals surface area contributed by atoms with Crippen LogP contribution in [-0.2, 0) is 0 Å². The molecule has 0 spiro atoms. The molecule has 1 aliphatic carbocycles. The zero-order chi connectivity index (χ0) is 13.2. The van der Waals surface area contributed by atoms with Crippen molar-refractivity contribution in [3.8, 4) is 0 Å². The first-order valence-corrected chi connectivity index (χ1v) is 6.25. The Bertz CT molecular complexity index is 458. The summed E-state index contributed by atoms with van der Waals surface area (Å²) in [6.45, 7) is 2.82. The Morgan fingerprint density at radius 3 is 2.78 bits per heavy atom. The summed E-state index contributed by atoms with van der Waals surface area (Å²) in [6, 6.07) is 4.16. The third kappa shape index (κ3) is 2.60. The van der Waals surface area contributed by atoms with E-state index in [0.717, 1.165) is 31.7 Å². The van der Waals surface area contributed by atoms with Gasteiger partial charge in [0.1, 0.15) is 5.69 Å². The molecule has 1 aromatic carbocycles. The van der Waals surface area contributed by atoms with Gasteiger partial charge in [0.15, 0.2) is 0 Å². The van der Waals surface area contributed by atoms with Gasteiger partial charge in [-0.25, -0.2) is 0 Å². The monoisotopic (exact) mass is 252 g/mol. The number of anilines is 1. The van der Waals surface area contributed by atoms with Gasteiger partial charge in [0.2, 0.25) is 5.82 Å². The zero-order valence-electron chi connectivity index (χ0n) is 10.4. The van der Waals surface area contributed by atoms with Crippen LogP contribution in [-0.4, -0.2) is 11.5 Å². The van der Waals surface area contributed by atoms with Crippen molar-refractivity contribution in [2.45, 2.75) is 32.6 Å². The van der Waals surface area contributed by atoms with Crippen molar-refractivity contribution in [3.63, 3.8) is 0 Å². The van der Waals surface area contributed by atoms with Crippen LogP contribution in [0.2, 0.25) is 0 Å². The van der Waals surface area contributed by atoms with E-state index >= 15 is 0 Å². The van der Waals surface area contributed by atoms with Gasteiger partial charge >= 0.3 is 5.69 Å². The largest absolute Gasteiger partial charge is 0.379 e. The maximum atomic E-state index is 13.4. The Kier molecular flexibility index (Phi) is 3.50. The molecule has 2 rings (SSSR count). The van der Waals surface area contributed by atoms with Gasteiger partial charge in [0.25, 0.3) is 0 Å². The van der Waals surface area contributed by atoms with E-state index in [4.69, 9.17) is 0 Å². The molecule has 18 heavy (non-hydrogen) atoms. The van der Waals surface area contributed by atoms with Crippen LogP contribution in [0.25, 0.3) is 0 Å². The Morgan fingerprint density at radius 1 is 1.50 bits per heavy atom. The Hall–Kier alpha value is -1.65. The molecule has 0 aliphatic heterocycles. The molecule has 0 atom stereocenters. The normalized spacial score (nSPS) is 16.3. The average Bonchev–Trinajstić information content (AvgIpc) is 3.07. The number of hydrogen-bond acceptors (Lipinski definition) is 3. The van der Waals surface area contributed by atoms with Crippen LogP contribution in [0.15, 0.2) is 18.2 Å². The van der Waals surface area contributed by atoms with Gasteiger partial charge in [-0.05, 0) is 36.8 Å². The van der Waals surface area contributed by atoms with Crippen molar-refractivity contribution < 1.29 is 9.31 Å². The second-order valence-electron chi connectivity index (χ2n) is 5.00. The van der Waals surface area contributed by atoms with Gasteiger partial charge in [0.05, 0.1) is 4.92 Å². The first-order valence-electron chi connectivity index (χ1n) is 6.25. The zero-order valence-corrected chi connectivity index (χ0v) is 10.4. The van der Waals surface area contributed by atoms with E-state index in [2.05, 4.69) is 12.2 Å². The van der Waals surface area contributed by atoms with E-state index in [1.54, 1.807) is 6.07 Å². The van der Waals surface area contributed by atoms with Gasteiger partial charge in [-0.3, -0.25) is 10.1 Å². The molecule has 0 aromatic heterocycles. The quantitative estimate of drug-likeness (QED) is 0.620. The van der Waals surface area contributed by atoms with Crippen molar-refractivity contribution in [2.24, 2.45) is 5.41 Å². The summed E-state index contributed by atoms with van der Waals surface area (Å²) in [4.78, 5) is 10.2. The van der Waals surface area contributed by atoms with E-state index in [1.165, 1.54) is 6.07 Å².